The second kappa shape index (κ2) is 4.80. The predicted molar refractivity (Wildman–Crippen MR) is 70.9 cm³/mol. The molecule has 3 nitrogen and oxygen atoms in total. The standard InChI is InChI=1S/C12H17N3S/c1-8(2)9(13)7-14-12-15-10-5-3-4-6-11(10)16-12/h3-6,8-9H,7,13H2,1-2H3,(H,14,15). The molecule has 0 radical (unpaired) electrons. The first-order valence-corrected chi connectivity index (χ1v) is 6.33. The molecule has 1 aromatic heterocycles. The Labute approximate surface area is 99.7 Å². The Morgan fingerprint density at radius 2 is 2.12 bits per heavy atom. The van der Waals surface area contributed by atoms with Crippen LogP contribution in [0.4, 0.5) is 5.13 Å². The van der Waals surface area contributed by atoms with E-state index in [1.54, 1.807) is 11.3 Å². The zero-order valence-corrected chi connectivity index (χ0v) is 10.4. The van der Waals surface area contributed by atoms with Crippen LogP contribution in [0.2, 0.25) is 0 Å². The average Bonchev–Trinajstić information content (AvgIpc) is 2.68. The van der Waals surface area contributed by atoms with Crippen LogP contribution in [0.15, 0.2) is 24.3 Å². The fourth-order valence-electron chi connectivity index (χ4n) is 1.39. The van der Waals surface area contributed by atoms with Crippen LogP contribution < -0.4 is 11.1 Å². The maximum atomic E-state index is 5.97. The van der Waals surface area contributed by atoms with Gasteiger partial charge in [-0.05, 0) is 18.1 Å². The monoisotopic (exact) mass is 235 g/mol. The van der Waals surface area contributed by atoms with E-state index < -0.39 is 0 Å². The van der Waals surface area contributed by atoms with Crippen molar-refractivity contribution in [2.75, 3.05) is 11.9 Å². The van der Waals surface area contributed by atoms with Crippen molar-refractivity contribution < 1.29 is 0 Å². The van der Waals surface area contributed by atoms with E-state index >= 15 is 0 Å². The zero-order chi connectivity index (χ0) is 11.5. The van der Waals surface area contributed by atoms with E-state index in [4.69, 9.17) is 5.73 Å². The number of hydrogen-bond acceptors (Lipinski definition) is 4. The van der Waals surface area contributed by atoms with E-state index in [0.717, 1.165) is 17.2 Å². The van der Waals surface area contributed by atoms with Gasteiger partial charge in [0.25, 0.3) is 0 Å². The molecular weight excluding hydrogens is 218 g/mol. The van der Waals surface area contributed by atoms with Crippen molar-refractivity contribution in [3.8, 4) is 0 Å². The minimum atomic E-state index is 0.173. The highest BCUT2D eigenvalue weighted by Crippen LogP contribution is 2.25. The van der Waals surface area contributed by atoms with Crippen molar-refractivity contribution in [2.45, 2.75) is 19.9 Å². The molecule has 3 N–H and O–H groups in total. The van der Waals surface area contributed by atoms with Gasteiger partial charge >= 0.3 is 0 Å². The van der Waals surface area contributed by atoms with Gasteiger partial charge in [0, 0.05) is 12.6 Å². The Balaban J connectivity index is 2.05. The van der Waals surface area contributed by atoms with Gasteiger partial charge in [-0.2, -0.15) is 0 Å². The Kier molecular flexibility index (Phi) is 3.41. The van der Waals surface area contributed by atoms with Crippen molar-refractivity contribution in [3.05, 3.63) is 24.3 Å². The summed E-state index contributed by atoms with van der Waals surface area (Å²) < 4.78 is 1.21. The Morgan fingerprint density at radius 3 is 2.81 bits per heavy atom. The van der Waals surface area contributed by atoms with Crippen LogP contribution in [0, 0.1) is 5.92 Å². The molecule has 4 heteroatoms. The van der Waals surface area contributed by atoms with E-state index in [1.807, 2.05) is 18.2 Å². The summed E-state index contributed by atoms with van der Waals surface area (Å²) in [5.74, 6) is 0.488. The van der Waals surface area contributed by atoms with Crippen molar-refractivity contribution in [1.82, 2.24) is 4.98 Å². The molecule has 0 saturated carbocycles. The van der Waals surface area contributed by atoms with Gasteiger partial charge in [-0.25, -0.2) is 4.98 Å². The molecular formula is C12H17N3S. The van der Waals surface area contributed by atoms with Gasteiger partial charge in [-0.3, -0.25) is 0 Å². The molecule has 0 saturated heterocycles. The number of para-hydroxylation sites is 1. The molecule has 0 aliphatic carbocycles. The number of nitrogens with zero attached hydrogens (tertiary/aromatic N) is 1. The van der Waals surface area contributed by atoms with Crippen molar-refractivity contribution in [2.24, 2.45) is 11.7 Å². The maximum Gasteiger partial charge on any atom is 0.183 e. The minimum absolute atomic E-state index is 0.173. The summed E-state index contributed by atoms with van der Waals surface area (Å²) in [5, 5.41) is 4.25. The lowest BCUT2D eigenvalue weighted by atomic mass is 10.1. The Hall–Kier alpha value is -1.13. The normalized spacial score (nSPS) is 13.2. The van der Waals surface area contributed by atoms with Gasteiger partial charge < -0.3 is 11.1 Å². The van der Waals surface area contributed by atoms with E-state index in [9.17, 15) is 0 Å². The van der Waals surface area contributed by atoms with Crippen LogP contribution in [0.3, 0.4) is 0 Å². The quantitative estimate of drug-likeness (QED) is 0.856. The third-order valence-electron chi connectivity index (χ3n) is 2.64. The highest BCUT2D eigenvalue weighted by molar-refractivity contribution is 7.22. The summed E-state index contributed by atoms with van der Waals surface area (Å²) in [7, 11) is 0. The second-order valence-electron chi connectivity index (χ2n) is 4.28. The molecule has 0 bridgehead atoms. The van der Waals surface area contributed by atoms with Crippen LogP contribution in [0.5, 0.6) is 0 Å². The van der Waals surface area contributed by atoms with Crippen molar-refractivity contribution >= 4 is 26.7 Å². The van der Waals surface area contributed by atoms with Gasteiger partial charge in [-0.15, -0.1) is 0 Å². The van der Waals surface area contributed by atoms with Crippen LogP contribution in [-0.4, -0.2) is 17.6 Å². The maximum absolute atomic E-state index is 5.97. The van der Waals surface area contributed by atoms with Gasteiger partial charge in [-0.1, -0.05) is 37.3 Å². The highest BCUT2D eigenvalue weighted by atomic mass is 32.1. The Bertz CT molecular complexity index is 431. The number of thiazole rings is 1. The number of nitrogens with two attached hydrogens (primary N) is 1. The lowest BCUT2D eigenvalue weighted by Crippen LogP contribution is -2.33. The summed E-state index contributed by atoms with van der Waals surface area (Å²) in [6.45, 7) is 5.03. The first-order chi connectivity index (χ1) is 7.66. The number of rotatable bonds is 4. The lowest BCUT2D eigenvalue weighted by molar-refractivity contribution is 0.511. The smallest absolute Gasteiger partial charge is 0.183 e. The SMILES string of the molecule is CC(C)C(N)CNc1nc2ccccc2s1. The fourth-order valence-corrected chi connectivity index (χ4v) is 2.26. The van der Waals surface area contributed by atoms with Gasteiger partial charge in [0.05, 0.1) is 10.2 Å². The van der Waals surface area contributed by atoms with Crippen LogP contribution >= 0.6 is 11.3 Å². The zero-order valence-electron chi connectivity index (χ0n) is 9.60. The van der Waals surface area contributed by atoms with Crippen molar-refractivity contribution in [1.29, 1.82) is 0 Å². The largest absolute Gasteiger partial charge is 0.360 e. The van der Waals surface area contributed by atoms with Crippen LogP contribution in [0.1, 0.15) is 13.8 Å². The van der Waals surface area contributed by atoms with Gasteiger partial charge in [0.15, 0.2) is 5.13 Å². The third kappa shape index (κ3) is 2.51. The summed E-state index contributed by atoms with van der Waals surface area (Å²) in [5.41, 5.74) is 7.02. The Morgan fingerprint density at radius 1 is 1.38 bits per heavy atom. The molecule has 1 aromatic carbocycles. The fraction of sp³-hybridized carbons (Fsp3) is 0.417. The van der Waals surface area contributed by atoms with E-state index in [-0.39, 0.29) is 6.04 Å². The number of anilines is 1. The molecule has 2 rings (SSSR count). The summed E-state index contributed by atoms with van der Waals surface area (Å²) in [4.78, 5) is 4.50. The van der Waals surface area contributed by atoms with Crippen LogP contribution in [0.25, 0.3) is 10.2 Å². The molecule has 1 unspecified atom stereocenters. The van der Waals surface area contributed by atoms with Gasteiger partial charge in [0.1, 0.15) is 0 Å². The lowest BCUT2D eigenvalue weighted by Gasteiger charge is -2.15. The second-order valence-corrected chi connectivity index (χ2v) is 5.31. The summed E-state index contributed by atoms with van der Waals surface area (Å²) in [6, 6.07) is 8.32. The molecule has 0 aliphatic rings. The number of fused-ring (bicyclic) bond motifs is 1. The molecule has 0 spiro atoms. The molecule has 1 atom stereocenters. The molecule has 0 aliphatic heterocycles. The topological polar surface area (TPSA) is 50.9 Å². The molecule has 2 aromatic rings. The first-order valence-electron chi connectivity index (χ1n) is 5.52. The molecule has 16 heavy (non-hydrogen) atoms. The highest BCUT2D eigenvalue weighted by Gasteiger charge is 2.08. The van der Waals surface area contributed by atoms with Gasteiger partial charge in [0.2, 0.25) is 0 Å². The van der Waals surface area contributed by atoms with Crippen molar-refractivity contribution in [3.63, 3.8) is 0 Å². The minimum Gasteiger partial charge on any atom is -0.360 e. The number of hydrogen-bond donors (Lipinski definition) is 2. The number of nitrogens with one attached hydrogen (secondary N) is 1. The summed E-state index contributed by atoms with van der Waals surface area (Å²) >= 11 is 1.67. The molecule has 0 fully saturated rings. The summed E-state index contributed by atoms with van der Waals surface area (Å²) in [6.07, 6.45) is 0. The molecule has 86 valence electrons. The third-order valence-corrected chi connectivity index (χ3v) is 3.63. The number of benzene rings is 1. The van der Waals surface area contributed by atoms with Crippen LogP contribution in [-0.2, 0) is 0 Å². The molecule has 0 amide bonds. The molecule has 1 heterocycles. The average molecular weight is 235 g/mol. The van der Waals surface area contributed by atoms with E-state index in [2.05, 4.69) is 30.2 Å². The predicted octanol–water partition coefficient (Wildman–Crippen LogP) is 2.69. The van der Waals surface area contributed by atoms with E-state index in [0.29, 0.717) is 5.92 Å². The van der Waals surface area contributed by atoms with E-state index in [1.165, 1.54) is 4.70 Å². The number of aromatic nitrogens is 1. The first kappa shape index (κ1) is 11.4.